The number of carboxylic acid groups (broad SMARTS) is 1. The number of benzene rings is 3. The fourth-order valence-electron chi connectivity index (χ4n) is 4.32. The summed E-state index contributed by atoms with van der Waals surface area (Å²) in [7, 11) is 0. The highest BCUT2D eigenvalue weighted by atomic mass is 19.1. The normalized spacial score (nSPS) is 12.9. The van der Waals surface area contributed by atoms with E-state index in [4.69, 9.17) is 9.84 Å². The summed E-state index contributed by atoms with van der Waals surface area (Å²) in [6.07, 6.45) is -0.335. The standard InChI is InChI=1S/C27H25FN2O5/c1-2-16(14-24(31)30-23-13-7-12-21(25(23)28)26(32)33)29-27(34)35-15-22-19-10-5-3-8-17(19)18-9-4-6-11-20(18)22/h3-13,16,22H,2,14-15H2,1H3,(H,29,34)(H,30,31)(H,32,33)/t16-/m1/s1. The highest BCUT2D eigenvalue weighted by molar-refractivity contribution is 5.94. The van der Waals surface area contributed by atoms with E-state index in [-0.39, 0.29) is 24.6 Å². The van der Waals surface area contributed by atoms with Crippen LogP contribution in [0.2, 0.25) is 0 Å². The molecule has 35 heavy (non-hydrogen) atoms. The third kappa shape index (κ3) is 5.16. The number of ether oxygens (including phenoxy) is 1. The summed E-state index contributed by atoms with van der Waals surface area (Å²) in [4.78, 5) is 36.0. The molecule has 4 rings (SSSR count). The zero-order valence-electron chi connectivity index (χ0n) is 19.1. The van der Waals surface area contributed by atoms with Gasteiger partial charge in [-0.2, -0.15) is 0 Å². The SMILES string of the molecule is CC[C@H](CC(=O)Nc1cccc(C(=O)O)c1F)NC(=O)OCC1c2ccccc2-c2ccccc21. The number of nitrogens with one attached hydrogen (secondary N) is 2. The van der Waals surface area contributed by atoms with Gasteiger partial charge in [0.05, 0.1) is 11.3 Å². The van der Waals surface area contributed by atoms with Gasteiger partial charge in [0.15, 0.2) is 5.82 Å². The van der Waals surface area contributed by atoms with Crippen LogP contribution in [-0.2, 0) is 9.53 Å². The van der Waals surface area contributed by atoms with Crippen molar-refractivity contribution in [3.05, 3.63) is 89.2 Å². The fourth-order valence-corrected chi connectivity index (χ4v) is 4.32. The van der Waals surface area contributed by atoms with Crippen LogP contribution in [0.15, 0.2) is 66.7 Å². The molecule has 1 atom stereocenters. The van der Waals surface area contributed by atoms with Crippen LogP contribution < -0.4 is 10.6 Å². The average Bonchev–Trinajstić information content (AvgIpc) is 3.17. The zero-order valence-corrected chi connectivity index (χ0v) is 19.1. The maximum Gasteiger partial charge on any atom is 0.407 e. The largest absolute Gasteiger partial charge is 0.478 e. The van der Waals surface area contributed by atoms with Crippen LogP contribution in [0.25, 0.3) is 11.1 Å². The summed E-state index contributed by atoms with van der Waals surface area (Å²) < 4.78 is 19.8. The molecule has 0 heterocycles. The van der Waals surface area contributed by atoms with E-state index in [1.165, 1.54) is 12.1 Å². The lowest BCUT2D eigenvalue weighted by atomic mass is 9.98. The summed E-state index contributed by atoms with van der Waals surface area (Å²) in [5.41, 5.74) is 3.67. The third-order valence-electron chi connectivity index (χ3n) is 6.09. The van der Waals surface area contributed by atoms with Crippen LogP contribution in [0.1, 0.15) is 47.2 Å². The van der Waals surface area contributed by atoms with E-state index in [1.54, 1.807) is 6.92 Å². The number of carboxylic acids is 1. The molecule has 2 amide bonds. The molecule has 180 valence electrons. The molecule has 7 nitrogen and oxygen atoms in total. The lowest BCUT2D eigenvalue weighted by Gasteiger charge is -2.19. The number of carbonyl (C=O) groups is 3. The van der Waals surface area contributed by atoms with Crippen molar-refractivity contribution in [2.75, 3.05) is 11.9 Å². The molecule has 0 fully saturated rings. The fraction of sp³-hybridized carbons (Fsp3) is 0.222. The van der Waals surface area contributed by atoms with Crippen molar-refractivity contribution in [1.82, 2.24) is 5.32 Å². The number of hydrogen-bond acceptors (Lipinski definition) is 4. The van der Waals surface area contributed by atoms with Crippen LogP contribution in [0.3, 0.4) is 0 Å². The van der Waals surface area contributed by atoms with Crippen molar-refractivity contribution in [2.45, 2.75) is 31.7 Å². The Bertz CT molecular complexity index is 1230. The van der Waals surface area contributed by atoms with E-state index in [1.807, 2.05) is 36.4 Å². The van der Waals surface area contributed by atoms with Crippen molar-refractivity contribution < 1.29 is 28.6 Å². The molecule has 0 unspecified atom stereocenters. The maximum atomic E-state index is 14.3. The van der Waals surface area contributed by atoms with Gasteiger partial charge in [-0.05, 0) is 40.8 Å². The molecule has 0 spiro atoms. The van der Waals surface area contributed by atoms with Gasteiger partial charge >= 0.3 is 12.1 Å². The first-order valence-corrected chi connectivity index (χ1v) is 11.3. The molecular weight excluding hydrogens is 451 g/mol. The minimum Gasteiger partial charge on any atom is -0.478 e. The predicted octanol–water partition coefficient (Wildman–Crippen LogP) is 5.17. The first kappa shape index (κ1) is 23.9. The summed E-state index contributed by atoms with van der Waals surface area (Å²) in [5, 5.41) is 14.1. The molecule has 0 radical (unpaired) electrons. The van der Waals surface area contributed by atoms with E-state index in [0.717, 1.165) is 28.3 Å². The molecule has 1 aliphatic carbocycles. The minimum absolute atomic E-state index is 0.0824. The maximum absolute atomic E-state index is 14.3. The Balaban J connectivity index is 1.35. The van der Waals surface area contributed by atoms with E-state index in [2.05, 4.69) is 22.8 Å². The summed E-state index contributed by atoms with van der Waals surface area (Å²) in [6.45, 7) is 1.95. The Labute approximate surface area is 201 Å². The second-order valence-electron chi connectivity index (χ2n) is 8.30. The van der Waals surface area contributed by atoms with Crippen molar-refractivity contribution in [3.63, 3.8) is 0 Å². The summed E-state index contributed by atoms with van der Waals surface area (Å²) in [6, 6.07) is 19.2. The Morgan fingerprint density at radius 2 is 1.60 bits per heavy atom. The molecule has 3 aromatic carbocycles. The molecule has 0 bridgehead atoms. The number of hydrogen-bond donors (Lipinski definition) is 3. The van der Waals surface area contributed by atoms with Crippen molar-refractivity contribution in [2.24, 2.45) is 0 Å². The molecular formula is C27H25FN2O5. The van der Waals surface area contributed by atoms with E-state index in [9.17, 15) is 18.8 Å². The van der Waals surface area contributed by atoms with Gasteiger partial charge in [0.1, 0.15) is 6.61 Å². The molecule has 1 aliphatic rings. The number of fused-ring (bicyclic) bond motifs is 3. The lowest BCUT2D eigenvalue weighted by molar-refractivity contribution is -0.116. The highest BCUT2D eigenvalue weighted by Gasteiger charge is 2.29. The Hall–Kier alpha value is -4.20. The second kappa shape index (κ2) is 10.4. The number of carbonyl (C=O) groups excluding carboxylic acids is 2. The van der Waals surface area contributed by atoms with Gasteiger partial charge < -0.3 is 20.5 Å². The molecule has 0 aromatic heterocycles. The van der Waals surface area contributed by atoms with E-state index in [0.29, 0.717) is 6.42 Å². The predicted molar refractivity (Wildman–Crippen MR) is 129 cm³/mol. The van der Waals surface area contributed by atoms with Crippen LogP contribution in [-0.4, -0.2) is 35.7 Å². The topological polar surface area (TPSA) is 105 Å². The Morgan fingerprint density at radius 3 is 2.20 bits per heavy atom. The quantitative estimate of drug-likeness (QED) is 0.416. The first-order chi connectivity index (χ1) is 16.9. The van der Waals surface area contributed by atoms with Gasteiger partial charge in [0.25, 0.3) is 0 Å². The number of alkyl carbamates (subject to hydrolysis) is 1. The lowest BCUT2D eigenvalue weighted by Crippen LogP contribution is -2.38. The number of anilines is 1. The molecule has 0 saturated heterocycles. The minimum atomic E-state index is -1.43. The number of aromatic carboxylic acids is 1. The summed E-state index contributed by atoms with van der Waals surface area (Å²) in [5.74, 6) is -3.09. The Morgan fingerprint density at radius 1 is 0.971 bits per heavy atom. The molecule has 3 N–H and O–H groups in total. The average molecular weight is 477 g/mol. The van der Waals surface area contributed by atoms with Gasteiger partial charge in [-0.25, -0.2) is 14.0 Å². The van der Waals surface area contributed by atoms with Crippen LogP contribution in [0.4, 0.5) is 14.9 Å². The van der Waals surface area contributed by atoms with Crippen molar-refractivity contribution >= 4 is 23.7 Å². The summed E-state index contributed by atoms with van der Waals surface area (Å²) >= 11 is 0. The Kier molecular flexibility index (Phi) is 7.10. The van der Waals surface area contributed by atoms with Crippen LogP contribution in [0, 0.1) is 5.82 Å². The monoisotopic (exact) mass is 476 g/mol. The molecule has 0 saturated carbocycles. The van der Waals surface area contributed by atoms with Crippen LogP contribution >= 0.6 is 0 Å². The van der Waals surface area contributed by atoms with Gasteiger partial charge in [-0.15, -0.1) is 0 Å². The van der Waals surface area contributed by atoms with E-state index < -0.39 is 35.4 Å². The molecule has 8 heteroatoms. The van der Waals surface area contributed by atoms with Gasteiger partial charge in [-0.3, -0.25) is 4.79 Å². The number of amides is 2. The zero-order chi connectivity index (χ0) is 24.9. The smallest absolute Gasteiger partial charge is 0.407 e. The van der Waals surface area contributed by atoms with Crippen molar-refractivity contribution in [1.29, 1.82) is 0 Å². The van der Waals surface area contributed by atoms with Gasteiger partial charge in [-0.1, -0.05) is 61.5 Å². The molecule has 0 aliphatic heterocycles. The first-order valence-electron chi connectivity index (χ1n) is 11.3. The van der Waals surface area contributed by atoms with Crippen molar-refractivity contribution in [3.8, 4) is 11.1 Å². The second-order valence-corrected chi connectivity index (χ2v) is 8.30. The third-order valence-corrected chi connectivity index (χ3v) is 6.09. The highest BCUT2D eigenvalue weighted by Crippen LogP contribution is 2.44. The van der Waals surface area contributed by atoms with Gasteiger partial charge in [0, 0.05) is 18.4 Å². The van der Waals surface area contributed by atoms with Crippen LogP contribution in [0.5, 0.6) is 0 Å². The number of halogens is 1. The van der Waals surface area contributed by atoms with Gasteiger partial charge in [0.2, 0.25) is 5.91 Å². The molecule has 3 aromatic rings. The number of rotatable bonds is 8. The van der Waals surface area contributed by atoms with E-state index >= 15 is 0 Å².